The molecule has 4 nitrogen and oxygen atoms in total. The van der Waals surface area contributed by atoms with Crippen LogP contribution in [0, 0.1) is 16.7 Å². The quantitative estimate of drug-likeness (QED) is 0.759. The molecule has 124 valence electrons. The van der Waals surface area contributed by atoms with Gasteiger partial charge in [0.05, 0.1) is 6.10 Å². The Morgan fingerprint density at radius 2 is 1.57 bits per heavy atom. The molecule has 1 amide bonds. The normalized spacial score (nSPS) is 15.4. The summed E-state index contributed by atoms with van der Waals surface area (Å²) >= 11 is 0. The number of rotatable bonds is 7. The molecule has 0 aliphatic heterocycles. The zero-order valence-electron chi connectivity index (χ0n) is 14.7. The lowest BCUT2D eigenvalue weighted by molar-refractivity contribution is -0.132. The summed E-state index contributed by atoms with van der Waals surface area (Å²) in [4.78, 5) is 23.4. The number of nitrogens with one attached hydrogen (secondary N) is 1. The number of carbonyl (C=O) groups excluding carboxylic acids is 2. The second-order valence-corrected chi connectivity index (χ2v) is 8.24. The van der Waals surface area contributed by atoms with E-state index in [2.05, 4.69) is 26.1 Å². The van der Waals surface area contributed by atoms with E-state index < -0.39 is 6.10 Å². The Morgan fingerprint density at radius 1 is 1.05 bits per heavy atom. The Labute approximate surface area is 129 Å². The second kappa shape index (κ2) is 7.92. The average molecular weight is 299 g/mol. The van der Waals surface area contributed by atoms with Crippen molar-refractivity contribution in [1.29, 1.82) is 0 Å². The second-order valence-electron chi connectivity index (χ2n) is 8.24. The average Bonchev–Trinajstić information content (AvgIpc) is 2.28. The van der Waals surface area contributed by atoms with Gasteiger partial charge in [-0.25, -0.2) is 0 Å². The molecular weight excluding hydrogens is 266 g/mol. The van der Waals surface area contributed by atoms with Crippen LogP contribution >= 0.6 is 0 Å². The lowest BCUT2D eigenvalue weighted by Crippen LogP contribution is -2.34. The molecule has 21 heavy (non-hydrogen) atoms. The molecule has 0 saturated carbocycles. The predicted octanol–water partition coefficient (Wildman–Crippen LogP) is 2.93. The highest BCUT2D eigenvalue weighted by Gasteiger charge is 2.32. The smallest absolute Gasteiger partial charge is 0.216 e. The van der Waals surface area contributed by atoms with Crippen LogP contribution in [0.25, 0.3) is 0 Å². The third kappa shape index (κ3) is 9.62. The van der Waals surface area contributed by atoms with Crippen LogP contribution in [-0.4, -0.2) is 29.4 Å². The third-order valence-electron chi connectivity index (χ3n) is 3.40. The van der Waals surface area contributed by atoms with E-state index >= 15 is 0 Å². The Bertz CT molecular complexity index is 350. The van der Waals surface area contributed by atoms with Gasteiger partial charge in [0.2, 0.25) is 5.91 Å². The highest BCUT2D eigenvalue weighted by atomic mass is 16.3. The van der Waals surface area contributed by atoms with Gasteiger partial charge in [-0.1, -0.05) is 41.5 Å². The number of aliphatic hydroxyl groups excluding tert-OH is 1. The van der Waals surface area contributed by atoms with Crippen molar-refractivity contribution in [2.45, 2.75) is 73.8 Å². The summed E-state index contributed by atoms with van der Waals surface area (Å²) < 4.78 is 0. The number of amides is 1. The first kappa shape index (κ1) is 20.1. The molecule has 2 N–H and O–H groups in total. The molecule has 0 aliphatic carbocycles. The van der Waals surface area contributed by atoms with Crippen LogP contribution in [0.15, 0.2) is 0 Å². The number of hydrogen-bond acceptors (Lipinski definition) is 3. The van der Waals surface area contributed by atoms with Crippen LogP contribution in [0.4, 0.5) is 0 Å². The van der Waals surface area contributed by atoms with Gasteiger partial charge in [0.1, 0.15) is 5.78 Å². The van der Waals surface area contributed by atoms with Crippen LogP contribution in [0.2, 0.25) is 0 Å². The van der Waals surface area contributed by atoms with Gasteiger partial charge in [-0.05, 0) is 24.7 Å². The van der Waals surface area contributed by atoms with Crippen molar-refractivity contribution >= 4 is 11.7 Å². The summed E-state index contributed by atoms with van der Waals surface area (Å²) in [5.74, 6) is 0.0622. The Kier molecular flexibility index (Phi) is 7.58. The molecule has 0 aromatic heterocycles. The minimum Gasteiger partial charge on any atom is -0.391 e. The van der Waals surface area contributed by atoms with Gasteiger partial charge < -0.3 is 10.4 Å². The van der Waals surface area contributed by atoms with Gasteiger partial charge in [-0.2, -0.15) is 0 Å². The highest BCUT2D eigenvalue weighted by Crippen LogP contribution is 2.33. The monoisotopic (exact) mass is 299 g/mol. The number of aliphatic hydroxyl groups is 1. The van der Waals surface area contributed by atoms with Crippen molar-refractivity contribution in [3.05, 3.63) is 0 Å². The molecule has 0 bridgehead atoms. The van der Waals surface area contributed by atoms with Crippen molar-refractivity contribution in [3.8, 4) is 0 Å². The fourth-order valence-electron chi connectivity index (χ4n) is 2.43. The summed E-state index contributed by atoms with van der Waals surface area (Å²) in [6.45, 7) is 13.9. The lowest BCUT2D eigenvalue weighted by Gasteiger charge is -2.30. The van der Waals surface area contributed by atoms with Crippen LogP contribution in [-0.2, 0) is 9.59 Å². The predicted molar refractivity (Wildman–Crippen MR) is 85.9 cm³/mol. The fraction of sp³-hybridized carbons (Fsp3) is 0.882. The van der Waals surface area contributed by atoms with Crippen LogP contribution in [0.1, 0.15) is 67.7 Å². The molecule has 2 atom stereocenters. The van der Waals surface area contributed by atoms with E-state index in [1.54, 1.807) is 0 Å². The van der Waals surface area contributed by atoms with E-state index in [0.29, 0.717) is 12.8 Å². The standard InChI is InChI=1S/C17H33NO3/c1-12(19)18-11-14(20)9-8-13(10-16(2,3)4)15(21)17(5,6)7/h13-14,20H,8-11H2,1-7H3,(H,18,19)/t13-,14?/m1/s1. The van der Waals surface area contributed by atoms with Gasteiger partial charge in [0.15, 0.2) is 0 Å². The lowest BCUT2D eigenvalue weighted by atomic mass is 9.74. The molecule has 0 aromatic rings. The number of Topliss-reactive ketones (excluding diaryl/α,β-unsaturated/α-hetero) is 1. The minimum atomic E-state index is -0.593. The zero-order chi connectivity index (χ0) is 16.8. The SMILES string of the molecule is CC(=O)NCC(O)CC[C@H](CC(C)(C)C)C(=O)C(C)(C)C. The Balaban J connectivity index is 4.62. The topological polar surface area (TPSA) is 66.4 Å². The molecule has 0 heterocycles. The molecule has 1 unspecified atom stereocenters. The maximum atomic E-state index is 12.6. The minimum absolute atomic E-state index is 0.0445. The Morgan fingerprint density at radius 3 is 1.95 bits per heavy atom. The number of hydrogen-bond donors (Lipinski definition) is 2. The molecule has 0 spiro atoms. The largest absolute Gasteiger partial charge is 0.391 e. The van der Waals surface area contributed by atoms with E-state index in [0.717, 1.165) is 6.42 Å². The first-order valence-corrected chi connectivity index (χ1v) is 7.80. The Hall–Kier alpha value is -0.900. The number of ketones is 1. The molecule has 0 radical (unpaired) electrons. The molecule has 0 aromatic carbocycles. The first-order valence-electron chi connectivity index (χ1n) is 7.80. The highest BCUT2D eigenvalue weighted by molar-refractivity contribution is 5.86. The molecular formula is C17H33NO3. The maximum absolute atomic E-state index is 12.6. The summed E-state index contributed by atoms with van der Waals surface area (Å²) in [5, 5.41) is 12.5. The van der Waals surface area contributed by atoms with Crippen LogP contribution < -0.4 is 5.32 Å². The molecule has 0 saturated heterocycles. The van der Waals surface area contributed by atoms with Gasteiger partial charge >= 0.3 is 0 Å². The molecule has 0 aliphatic rings. The van der Waals surface area contributed by atoms with Gasteiger partial charge in [-0.15, -0.1) is 0 Å². The van der Waals surface area contributed by atoms with E-state index in [1.807, 2.05) is 20.8 Å². The van der Waals surface area contributed by atoms with E-state index in [1.165, 1.54) is 6.92 Å². The van der Waals surface area contributed by atoms with E-state index in [-0.39, 0.29) is 35.0 Å². The summed E-state index contributed by atoms with van der Waals surface area (Å²) in [5.41, 5.74) is -0.285. The van der Waals surface area contributed by atoms with Crippen molar-refractivity contribution in [2.24, 2.45) is 16.7 Å². The van der Waals surface area contributed by atoms with E-state index in [9.17, 15) is 14.7 Å². The summed E-state index contributed by atoms with van der Waals surface area (Å²) in [6.07, 6.45) is 1.41. The van der Waals surface area contributed by atoms with Crippen LogP contribution in [0.3, 0.4) is 0 Å². The van der Waals surface area contributed by atoms with Crippen molar-refractivity contribution in [3.63, 3.8) is 0 Å². The number of carbonyl (C=O) groups is 2. The van der Waals surface area contributed by atoms with Crippen molar-refractivity contribution < 1.29 is 14.7 Å². The molecule has 0 fully saturated rings. The van der Waals surface area contributed by atoms with E-state index in [4.69, 9.17) is 0 Å². The van der Waals surface area contributed by atoms with Gasteiger partial charge in [0.25, 0.3) is 0 Å². The summed E-state index contributed by atoms with van der Waals surface area (Å²) in [7, 11) is 0. The van der Waals surface area contributed by atoms with Crippen molar-refractivity contribution in [2.75, 3.05) is 6.54 Å². The fourth-order valence-corrected chi connectivity index (χ4v) is 2.43. The van der Waals surface area contributed by atoms with Crippen molar-refractivity contribution in [1.82, 2.24) is 5.32 Å². The molecule has 4 heteroatoms. The third-order valence-corrected chi connectivity index (χ3v) is 3.40. The molecule has 0 rings (SSSR count). The maximum Gasteiger partial charge on any atom is 0.216 e. The van der Waals surface area contributed by atoms with Gasteiger partial charge in [0, 0.05) is 24.8 Å². The zero-order valence-corrected chi connectivity index (χ0v) is 14.7. The van der Waals surface area contributed by atoms with Gasteiger partial charge in [-0.3, -0.25) is 9.59 Å². The summed E-state index contributed by atoms with van der Waals surface area (Å²) in [6, 6.07) is 0. The van der Waals surface area contributed by atoms with Crippen LogP contribution in [0.5, 0.6) is 0 Å². The first-order chi connectivity index (χ1) is 9.33.